The van der Waals surface area contributed by atoms with Gasteiger partial charge < -0.3 is 30.4 Å². The van der Waals surface area contributed by atoms with Crippen molar-refractivity contribution in [2.75, 3.05) is 26.2 Å². The van der Waals surface area contributed by atoms with Crippen molar-refractivity contribution in [2.24, 2.45) is 0 Å². The van der Waals surface area contributed by atoms with Crippen LogP contribution in [0.5, 0.6) is 0 Å². The van der Waals surface area contributed by atoms with Crippen LogP contribution in [-0.4, -0.2) is 75.9 Å². The molecule has 0 rings (SSSR count). The van der Waals surface area contributed by atoms with Gasteiger partial charge >= 0.3 is 37.7 Å². The monoisotopic (exact) mass is 1170 g/mol. The van der Waals surface area contributed by atoms with Crippen LogP contribution in [0, 0.1) is 0 Å². The van der Waals surface area contributed by atoms with Crippen LogP contribution in [0.4, 0.5) is 0 Å². The third-order valence-electron chi connectivity index (χ3n) is 16.9. The molecule has 482 valence electrons. The molecule has 0 unspecified atom stereocenters. The zero-order valence-electron chi connectivity index (χ0n) is 56.4. The first kappa shape index (κ1) is 87.6. The van der Waals surface area contributed by atoms with Crippen LogP contribution in [0.2, 0.25) is 0 Å². The van der Waals surface area contributed by atoms with Gasteiger partial charge in [0.15, 0.2) is 0 Å². The van der Waals surface area contributed by atoms with Gasteiger partial charge in [0.1, 0.15) is 0 Å². The van der Waals surface area contributed by atoms with Crippen LogP contribution in [0.1, 0.15) is 439 Å². The fourth-order valence-corrected chi connectivity index (χ4v) is 11.3. The fourth-order valence-electron chi connectivity index (χ4n) is 11.3. The SMILES string of the molecule is CCCCCCCCCCCCCCCCCC(=O)[O-].CCCCCCCCCCCCCCCCCC(=O)[O-].CCCCCCCCCCCCCCCCCCNCCNCCCCCCCCCCCCCCCCCC.[Ca+2]. The first-order chi connectivity index (χ1) is 39.5. The average molecular weight is 1170 g/mol. The van der Waals surface area contributed by atoms with Gasteiger partial charge in [-0.15, -0.1) is 0 Å². The second kappa shape index (κ2) is 86.6. The molecule has 2 N–H and O–H groups in total. The van der Waals surface area contributed by atoms with Crippen LogP contribution in [0.25, 0.3) is 0 Å². The maximum atomic E-state index is 10.2. The van der Waals surface area contributed by atoms with Gasteiger partial charge in [0.25, 0.3) is 0 Å². The van der Waals surface area contributed by atoms with Crippen molar-refractivity contribution in [3.63, 3.8) is 0 Å². The Balaban J connectivity index is -0.000000606. The third-order valence-corrected chi connectivity index (χ3v) is 16.9. The van der Waals surface area contributed by atoms with Gasteiger partial charge in [-0.3, -0.25) is 0 Å². The van der Waals surface area contributed by atoms with E-state index in [9.17, 15) is 19.8 Å². The van der Waals surface area contributed by atoms with E-state index >= 15 is 0 Å². The molecular weight excluding hydrogens is 1020 g/mol. The maximum absolute atomic E-state index is 10.2. The van der Waals surface area contributed by atoms with Crippen molar-refractivity contribution in [3.05, 3.63) is 0 Å². The Morgan fingerprint density at radius 3 is 0.457 bits per heavy atom. The van der Waals surface area contributed by atoms with E-state index in [4.69, 9.17) is 0 Å². The first-order valence-corrected chi connectivity index (χ1v) is 37.3. The summed E-state index contributed by atoms with van der Waals surface area (Å²) in [5.41, 5.74) is 0. The van der Waals surface area contributed by atoms with Gasteiger partial charge in [-0.25, -0.2) is 0 Å². The third kappa shape index (κ3) is 96.7. The van der Waals surface area contributed by atoms with Crippen LogP contribution >= 0.6 is 0 Å². The molecular formula is C74H150CaN2O4. The minimum atomic E-state index is -0.903. The number of nitrogens with one attached hydrogen (secondary N) is 2. The molecule has 0 spiro atoms. The van der Waals surface area contributed by atoms with E-state index in [1.54, 1.807) is 0 Å². The molecule has 0 saturated carbocycles. The Hall–Kier alpha value is 0.120. The van der Waals surface area contributed by atoms with Gasteiger partial charge in [-0.1, -0.05) is 400 Å². The largest absolute Gasteiger partial charge is 2.00 e. The van der Waals surface area contributed by atoms with E-state index in [0.717, 1.165) is 38.8 Å². The van der Waals surface area contributed by atoms with Crippen LogP contribution in [-0.2, 0) is 9.59 Å². The summed E-state index contributed by atoms with van der Waals surface area (Å²) in [5.74, 6) is -1.81. The Labute approximate surface area is 541 Å². The van der Waals surface area contributed by atoms with Gasteiger partial charge in [0.05, 0.1) is 0 Å². The minimum Gasteiger partial charge on any atom is -0.550 e. The second-order valence-corrected chi connectivity index (χ2v) is 25.3. The molecule has 0 amide bonds. The summed E-state index contributed by atoms with van der Waals surface area (Å²) in [7, 11) is 0. The molecule has 0 radical (unpaired) electrons. The van der Waals surface area contributed by atoms with Gasteiger partial charge in [0.2, 0.25) is 0 Å². The molecule has 0 aliphatic carbocycles. The predicted octanol–water partition coefficient (Wildman–Crippen LogP) is 22.3. The standard InChI is InChI=1S/C38H80N2.2C18H36O2.Ca/c1-3-5-7-9-11-13-15-17-19-21-23-25-27-29-31-33-35-39-37-38-40-36-34-32-30-28-26-24-22-20-18-16-14-12-10-8-6-4-2;2*1-2-3-4-5-6-7-8-9-10-11-12-13-14-15-16-17-18(19)20;/h39-40H,3-38H2,1-2H3;2*2-17H2,1H3,(H,19,20);/q;;;+2/p-2. The number of carbonyl (C=O) groups excluding carboxylic acids is 2. The number of hydrogen-bond acceptors (Lipinski definition) is 6. The van der Waals surface area contributed by atoms with E-state index in [2.05, 4.69) is 38.3 Å². The van der Waals surface area contributed by atoms with Crippen molar-refractivity contribution in [2.45, 2.75) is 439 Å². The molecule has 0 aliphatic heterocycles. The molecule has 0 bridgehead atoms. The number of carbonyl (C=O) groups is 2. The zero-order chi connectivity index (χ0) is 58.7. The molecule has 0 aromatic heterocycles. The van der Waals surface area contributed by atoms with Crippen molar-refractivity contribution >= 4 is 49.7 Å². The van der Waals surface area contributed by atoms with Gasteiger partial charge in [-0.05, 0) is 51.6 Å². The first-order valence-electron chi connectivity index (χ1n) is 37.3. The maximum Gasteiger partial charge on any atom is 2.00 e. The molecule has 6 nitrogen and oxygen atoms in total. The molecule has 0 aliphatic rings. The summed E-state index contributed by atoms with van der Waals surface area (Å²) in [4.78, 5) is 20.4. The summed E-state index contributed by atoms with van der Waals surface area (Å²) in [6, 6.07) is 0. The molecule has 0 aromatic rings. The topological polar surface area (TPSA) is 104 Å². The van der Waals surface area contributed by atoms with E-state index < -0.39 is 11.9 Å². The molecule has 7 heteroatoms. The van der Waals surface area contributed by atoms with E-state index in [0.29, 0.717) is 0 Å². The van der Waals surface area contributed by atoms with E-state index in [1.807, 2.05) is 0 Å². The Morgan fingerprint density at radius 2 is 0.321 bits per heavy atom. The Morgan fingerprint density at radius 1 is 0.198 bits per heavy atom. The smallest absolute Gasteiger partial charge is 0.550 e. The molecule has 0 fully saturated rings. The normalized spacial score (nSPS) is 11.1. The molecule has 0 saturated heterocycles. The number of rotatable bonds is 69. The Kier molecular flexibility index (Phi) is 93.6. The number of unbranched alkanes of at least 4 members (excludes halogenated alkanes) is 58. The number of carboxylic acid groups (broad SMARTS) is 2. The van der Waals surface area contributed by atoms with E-state index in [1.165, 1.54) is 385 Å². The molecule has 0 heterocycles. The molecule has 0 aromatic carbocycles. The minimum absolute atomic E-state index is 0. The van der Waals surface area contributed by atoms with Crippen molar-refractivity contribution < 1.29 is 19.8 Å². The predicted molar refractivity (Wildman–Crippen MR) is 360 cm³/mol. The van der Waals surface area contributed by atoms with Crippen molar-refractivity contribution in [3.8, 4) is 0 Å². The summed E-state index contributed by atoms with van der Waals surface area (Å²) in [6.45, 7) is 13.8. The van der Waals surface area contributed by atoms with Crippen LogP contribution < -0.4 is 20.8 Å². The van der Waals surface area contributed by atoms with Gasteiger partial charge in [0, 0.05) is 25.0 Å². The number of carboxylic acids is 2. The number of aliphatic carboxylic acids is 2. The molecule has 81 heavy (non-hydrogen) atoms. The summed E-state index contributed by atoms with van der Waals surface area (Å²) < 4.78 is 0. The quantitative estimate of drug-likeness (QED) is 0.0464. The summed E-state index contributed by atoms with van der Waals surface area (Å²) >= 11 is 0. The zero-order valence-corrected chi connectivity index (χ0v) is 58.6. The summed E-state index contributed by atoms with van der Waals surface area (Å²) in [5, 5.41) is 27.7. The van der Waals surface area contributed by atoms with Gasteiger partial charge in [-0.2, -0.15) is 0 Å². The number of hydrogen-bond donors (Lipinski definition) is 2. The Bertz CT molecular complexity index is 997. The van der Waals surface area contributed by atoms with Crippen LogP contribution in [0.3, 0.4) is 0 Å². The van der Waals surface area contributed by atoms with E-state index in [-0.39, 0.29) is 50.6 Å². The molecule has 0 atom stereocenters. The second-order valence-electron chi connectivity index (χ2n) is 25.3. The van der Waals surface area contributed by atoms with Crippen molar-refractivity contribution in [1.82, 2.24) is 10.6 Å². The fraction of sp³-hybridized carbons (Fsp3) is 0.973. The summed E-state index contributed by atoms with van der Waals surface area (Å²) in [6.07, 6.45) is 86.2. The van der Waals surface area contributed by atoms with Crippen molar-refractivity contribution in [1.29, 1.82) is 0 Å². The van der Waals surface area contributed by atoms with Crippen LogP contribution in [0.15, 0.2) is 0 Å². The average Bonchev–Trinajstić information content (AvgIpc) is 3.45.